The highest BCUT2D eigenvalue weighted by Crippen LogP contribution is 2.40. The molecule has 1 fully saturated rings. The number of aromatic nitrogens is 1. The minimum absolute atomic E-state index is 0.283. The van der Waals surface area contributed by atoms with Crippen LogP contribution in [0.1, 0.15) is 62.2 Å². The van der Waals surface area contributed by atoms with Crippen molar-refractivity contribution in [3.05, 3.63) is 75.9 Å². The second-order valence-electron chi connectivity index (χ2n) is 11.4. The lowest BCUT2D eigenvalue weighted by Gasteiger charge is -2.27. The number of rotatable bonds is 5. The average Bonchev–Trinajstić information content (AvgIpc) is 3.49. The zero-order valence-electron chi connectivity index (χ0n) is 22.2. The number of nitrogens with zero attached hydrogens (tertiary/aromatic N) is 2. The van der Waals surface area contributed by atoms with Crippen molar-refractivity contribution < 1.29 is 19.1 Å². The highest BCUT2D eigenvalue weighted by Gasteiger charge is 2.45. The molecule has 5 rings (SSSR count). The molecule has 38 heavy (non-hydrogen) atoms. The monoisotopic (exact) mass is 577 g/mol. The highest BCUT2D eigenvalue weighted by atomic mass is 79.9. The number of hydrogen-bond acceptors (Lipinski definition) is 4. The first-order chi connectivity index (χ1) is 17.9. The van der Waals surface area contributed by atoms with Gasteiger partial charge in [0.2, 0.25) is 0 Å². The number of halogens is 1. The summed E-state index contributed by atoms with van der Waals surface area (Å²) in [5.41, 5.74) is 3.80. The number of carbonyl (C=O) groups excluding carboxylic acids is 3. The quantitative estimate of drug-likeness (QED) is 0.372. The summed E-state index contributed by atoms with van der Waals surface area (Å²) in [7, 11) is 0. The summed E-state index contributed by atoms with van der Waals surface area (Å²) in [4.78, 5) is 40.0. The van der Waals surface area contributed by atoms with E-state index < -0.39 is 11.7 Å². The van der Waals surface area contributed by atoms with Gasteiger partial charge < -0.3 is 14.6 Å². The summed E-state index contributed by atoms with van der Waals surface area (Å²) in [6, 6.07) is 14.0. The van der Waals surface area contributed by atoms with Crippen LogP contribution in [0, 0.1) is 0 Å². The second kappa shape index (κ2) is 9.42. The fourth-order valence-electron chi connectivity index (χ4n) is 5.12. The van der Waals surface area contributed by atoms with Crippen LogP contribution < -0.4 is 5.32 Å². The van der Waals surface area contributed by atoms with Crippen LogP contribution in [0.2, 0.25) is 0 Å². The first-order valence-electron chi connectivity index (χ1n) is 12.8. The van der Waals surface area contributed by atoms with E-state index in [1.54, 1.807) is 6.92 Å². The molecule has 198 valence electrons. The van der Waals surface area contributed by atoms with Crippen LogP contribution >= 0.6 is 15.9 Å². The van der Waals surface area contributed by atoms with Gasteiger partial charge in [0, 0.05) is 33.2 Å². The van der Waals surface area contributed by atoms with Gasteiger partial charge in [0.15, 0.2) is 0 Å². The number of hydrogen-bond donors (Lipinski definition) is 1. The molecule has 2 heterocycles. The van der Waals surface area contributed by atoms with Gasteiger partial charge in [-0.05, 0) is 94.8 Å². The van der Waals surface area contributed by atoms with Crippen molar-refractivity contribution >= 4 is 44.7 Å². The summed E-state index contributed by atoms with van der Waals surface area (Å²) in [6.07, 6.45) is 2.69. The molecule has 2 aliphatic rings. The van der Waals surface area contributed by atoms with Crippen molar-refractivity contribution in [3.63, 3.8) is 0 Å². The molecule has 1 aliphatic heterocycles. The van der Waals surface area contributed by atoms with E-state index in [4.69, 9.17) is 4.74 Å². The summed E-state index contributed by atoms with van der Waals surface area (Å²) in [5, 5.41) is 4.05. The summed E-state index contributed by atoms with van der Waals surface area (Å²) in [5.74, 6) is -0.657. The molecule has 3 aromatic rings. The number of benzene rings is 2. The Morgan fingerprint density at radius 1 is 1.13 bits per heavy atom. The van der Waals surface area contributed by atoms with E-state index in [1.165, 1.54) is 4.90 Å². The van der Waals surface area contributed by atoms with Crippen molar-refractivity contribution in [1.82, 2.24) is 14.8 Å². The second-order valence-corrected chi connectivity index (χ2v) is 12.3. The molecule has 0 spiro atoms. The standard InChI is InChI=1S/C30H32BrN3O4/c1-18(2)26(35)33-15-12-22-23-16-20(31)8-11-24(23)34(25(22)27(33)36)21-9-6-19(7-10-21)17-30(13-14-30)32-28(37)38-29(3,4)5/h6-11,16H,1,12-15,17H2,2-5H3,(H,32,37). The van der Waals surface area contributed by atoms with Gasteiger partial charge in [0.05, 0.1) is 5.52 Å². The Labute approximate surface area is 231 Å². The smallest absolute Gasteiger partial charge is 0.408 e. The van der Waals surface area contributed by atoms with Crippen molar-refractivity contribution in [2.45, 2.75) is 64.5 Å². The third-order valence-electron chi connectivity index (χ3n) is 7.03. The summed E-state index contributed by atoms with van der Waals surface area (Å²) in [6.45, 7) is 11.3. The van der Waals surface area contributed by atoms with E-state index in [9.17, 15) is 14.4 Å². The maximum atomic E-state index is 13.7. The Hall–Kier alpha value is -3.39. The Morgan fingerprint density at radius 2 is 1.82 bits per heavy atom. The van der Waals surface area contributed by atoms with Crippen LogP contribution in [0.15, 0.2) is 59.1 Å². The Kier molecular flexibility index (Phi) is 6.50. The van der Waals surface area contributed by atoms with Crippen LogP contribution in [-0.2, 0) is 22.4 Å². The molecule has 7 nitrogen and oxygen atoms in total. The number of amides is 3. The molecular formula is C30H32BrN3O4. The fraction of sp³-hybridized carbons (Fsp3) is 0.367. The highest BCUT2D eigenvalue weighted by molar-refractivity contribution is 9.10. The predicted octanol–water partition coefficient (Wildman–Crippen LogP) is 6.09. The van der Waals surface area contributed by atoms with Crippen molar-refractivity contribution in [1.29, 1.82) is 0 Å². The van der Waals surface area contributed by atoms with Gasteiger partial charge in [-0.3, -0.25) is 14.5 Å². The summed E-state index contributed by atoms with van der Waals surface area (Å²) >= 11 is 3.56. The third-order valence-corrected chi connectivity index (χ3v) is 7.53. The Bertz CT molecular complexity index is 1480. The molecule has 8 heteroatoms. The normalized spacial score (nSPS) is 16.2. The van der Waals surface area contributed by atoms with Gasteiger partial charge in [0.1, 0.15) is 11.3 Å². The van der Waals surface area contributed by atoms with Crippen LogP contribution in [-0.4, -0.2) is 45.1 Å². The zero-order chi connectivity index (χ0) is 27.4. The lowest BCUT2D eigenvalue weighted by Crippen LogP contribution is -2.43. The van der Waals surface area contributed by atoms with E-state index >= 15 is 0 Å². The van der Waals surface area contributed by atoms with Gasteiger partial charge >= 0.3 is 6.09 Å². The van der Waals surface area contributed by atoms with Crippen LogP contribution in [0.3, 0.4) is 0 Å². The molecular weight excluding hydrogens is 546 g/mol. The van der Waals surface area contributed by atoms with Crippen LogP contribution in [0.4, 0.5) is 4.79 Å². The minimum Gasteiger partial charge on any atom is -0.444 e. The van der Waals surface area contributed by atoms with Crippen LogP contribution in [0.25, 0.3) is 16.6 Å². The minimum atomic E-state index is -0.544. The van der Waals surface area contributed by atoms with Gasteiger partial charge in [-0.25, -0.2) is 4.79 Å². The van der Waals surface area contributed by atoms with Crippen molar-refractivity contribution in [3.8, 4) is 5.69 Å². The summed E-state index contributed by atoms with van der Waals surface area (Å²) < 4.78 is 8.33. The number of fused-ring (bicyclic) bond motifs is 3. The number of ether oxygens (including phenoxy) is 1. The molecule has 0 unspecified atom stereocenters. The predicted molar refractivity (Wildman–Crippen MR) is 151 cm³/mol. The zero-order valence-corrected chi connectivity index (χ0v) is 23.8. The molecule has 1 aromatic heterocycles. The first kappa shape index (κ1) is 26.2. The molecule has 0 saturated heterocycles. The van der Waals surface area contributed by atoms with E-state index in [2.05, 4.69) is 27.8 Å². The van der Waals surface area contributed by atoms with Gasteiger partial charge in [-0.2, -0.15) is 0 Å². The van der Waals surface area contributed by atoms with E-state index in [-0.39, 0.29) is 17.4 Å². The van der Waals surface area contributed by atoms with Crippen LogP contribution in [0.5, 0.6) is 0 Å². The molecule has 0 bridgehead atoms. The maximum Gasteiger partial charge on any atom is 0.408 e. The van der Waals surface area contributed by atoms with E-state index in [0.29, 0.717) is 30.7 Å². The maximum absolute atomic E-state index is 13.7. The molecule has 0 atom stereocenters. The van der Waals surface area contributed by atoms with Crippen molar-refractivity contribution in [2.24, 2.45) is 0 Å². The van der Waals surface area contributed by atoms with E-state index in [0.717, 1.165) is 45.0 Å². The fourth-order valence-corrected chi connectivity index (χ4v) is 5.48. The Balaban J connectivity index is 1.47. The molecule has 3 amide bonds. The molecule has 0 radical (unpaired) electrons. The molecule has 1 saturated carbocycles. The SMILES string of the molecule is C=C(C)C(=O)N1CCc2c(n(-c3ccc(CC4(NC(=O)OC(C)(C)C)CC4)cc3)c3ccc(Br)cc23)C1=O. The largest absolute Gasteiger partial charge is 0.444 e. The van der Waals surface area contributed by atoms with Gasteiger partial charge in [-0.1, -0.05) is 34.6 Å². The lowest BCUT2D eigenvalue weighted by molar-refractivity contribution is -0.124. The molecule has 1 aliphatic carbocycles. The number of alkyl carbamates (subject to hydrolysis) is 1. The van der Waals surface area contributed by atoms with E-state index in [1.807, 2.05) is 67.8 Å². The lowest BCUT2D eigenvalue weighted by atomic mass is 10.0. The number of carbonyl (C=O) groups is 3. The third kappa shape index (κ3) is 5.01. The number of imide groups is 1. The molecule has 1 N–H and O–H groups in total. The topological polar surface area (TPSA) is 80.6 Å². The van der Waals surface area contributed by atoms with Gasteiger partial charge in [-0.15, -0.1) is 0 Å². The van der Waals surface area contributed by atoms with Crippen molar-refractivity contribution in [2.75, 3.05) is 6.54 Å². The average molecular weight is 579 g/mol. The first-order valence-corrected chi connectivity index (χ1v) is 13.6. The molecule has 2 aromatic carbocycles. The Morgan fingerprint density at radius 3 is 2.42 bits per heavy atom. The number of nitrogens with one attached hydrogen (secondary N) is 1. The van der Waals surface area contributed by atoms with Gasteiger partial charge in [0.25, 0.3) is 11.8 Å².